The highest BCUT2D eigenvalue weighted by molar-refractivity contribution is 4.94. The maximum atomic E-state index is 6.35. The zero-order chi connectivity index (χ0) is 31.6. The first kappa shape index (κ1) is 40.9. The van der Waals surface area contributed by atoms with Crippen LogP contribution < -0.4 is 0 Å². The Labute approximate surface area is 276 Å². The van der Waals surface area contributed by atoms with Crippen LogP contribution in [-0.4, -0.2) is 25.4 Å². The molecule has 1 fully saturated rings. The van der Waals surface area contributed by atoms with Gasteiger partial charge in [-0.2, -0.15) is 0 Å². The fraction of sp³-hybridized carbons (Fsp3) is 0.810. The van der Waals surface area contributed by atoms with E-state index in [0.29, 0.717) is 18.1 Å². The zero-order valence-electron chi connectivity index (χ0n) is 30.0. The molecule has 0 aromatic heterocycles. The predicted molar refractivity (Wildman–Crippen MR) is 197 cm³/mol. The molecule has 2 nitrogen and oxygen atoms in total. The number of unbranched alkanes of at least 4 members (excludes halogenated alkanes) is 18. The minimum absolute atomic E-state index is 0.350. The minimum atomic E-state index is 0.350. The van der Waals surface area contributed by atoms with Gasteiger partial charge in [0.1, 0.15) is 0 Å². The molecule has 44 heavy (non-hydrogen) atoms. The molecule has 1 aliphatic carbocycles. The molecule has 0 N–H and O–H groups in total. The van der Waals surface area contributed by atoms with Gasteiger partial charge >= 0.3 is 0 Å². The summed E-state index contributed by atoms with van der Waals surface area (Å²) < 4.78 is 12.6. The predicted octanol–water partition coefficient (Wildman–Crippen LogP) is 13.8. The zero-order valence-corrected chi connectivity index (χ0v) is 30.0. The van der Waals surface area contributed by atoms with E-state index in [1.54, 1.807) is 0 Å². The van der Waals surface area contributed by atoms with Crippen molar-refractivity contribution in [2.45, 2.75) is 200 Å². The van der Waals surface area contributed by atoms with E-state index < -0.39 is 0 Å². The van der Waals surface area contributed by atoms with Crippen LogP contribution >= 0.6 is 0 Å². The summed E-state index contributed by atoms with van der Waals surface area (Å²) in [5.41, 5.74) is 0. The van der Waals surface area contributed by atoms with Gasteiger partial charge in [0.25, 0.3) is 0 Å². The van der Waals surface area contributed by atoms with Crippen LogP contribution in [0.2, 0.25) is 0 Å². The van der Waals surface area contributed by atoms with Gasteiger partial charge in [0.15, 0.2) is 0 Å². The number of ether oxygens (including phenoxy) is 2. The molecule has 1 rings (SSSR count). The lowest BCUT2D eigenvalue weighted by molar-refractivity contribution is -0.165. The SMILES string of the molecule is CCCCC/C=C\C/C=C\CCCCCCCCO[C@@H]1[C@H](CC)C[C@@H]1OCCCCCCCC/C=C\C/C=C\CCCCC. The monoisotopic (exact) mass is 613 g/mol. The lowest BCUT2D eigenvalue weighted by Gasteiger charge is -2.43. The fourth-order valence-corrected chi connectivity index (χ4v) is 6.11. The topological polar surface area (TPSA) is 18.5 Å². The second-order valence-corrected chi connectivity index (χ2v) is 13.3. The molecule has 3 atom stereocenters. The van der Waals surface area contributed by atoms with E-state index >= 15 is 0 Å². The third kappa shape index (κ3) is 25.1. The number of hydrogen-bond donors (Lipinski definition) is 0. The van der Waals surface area contributed by atoms with Gasteiger partial charge in [-0.25, -0.2) is 0 Å². The molecule has 0 aliphatic heterocycles. The Morgan fingerprint density at radius 1 is 0.432 bits per heavy atom. The van der Waals surface area contributed by atoms with Crippen molar-refractivity contribution in [1.82, 2.24) is 0 Å². The molecule has 2 heteroatoms. The van der Waals surface area contributed by atoms with Crippen LogP contribution in [-0.2, 0) is 9.47 Å². The first-order valence-corrected chi connectivity index (χ1v) is 19.7. The average molecular weight is 613 g/mol. The molecular formula is C42H76O2. The molecule has 0 aromatic carbocycles. The summed E-state index contributed by atoms with van der Waals surface area (Å²) in [6.45, 7) is 8.68. The van der Waals surface area contributed by atoms with Crippen LogP contribution in [0.15, 0.2) is 48.6 Å². The Kier molecular flexibility index (Phi) is 30.9. The molecule has 0 unspecified atom stereocenters. The van der Waals surface area contributed by atoms with E-state index in [1.165, 1.54) is 154 Å². The quantitative estimate of drug-likeness (QED) is 0.0542. The van der Waals surface area contributed by atoms with Crippen LogP contribution in [0.3, 0.4) is 0 Å². The van der Waals surface area contributed by atoms with Crippen molar-refractivity contribution in [2.75, 3.05) is 13.2 Å². The maximum Gasteiger partial charge on any atom is 0.0865 e. The van der Waals surface area contributed by atoms with Gasteiger partial charge in [-0.15, -0.1) is 0 Å². The minimum Gasteiger partial charge on any atom is -0.375 e. The van der Waals surface area contributed by atoms with Gasteiger partial charge in [-0.3, -0.25) is 0 Å². The second-order valence-electron chi connectivity index (χ2n) is 13.3. The van der Waals surface area contributed by atoms with E-state index in [9.17, 15) is 0 Å². The van der Waals surface area contributed by atoms with Crippen LogP contribution in [0.1, 0.15) is 188 Å². The van der Waals surface area contributed by atoms with Crippen LogP contribution in [0.4, 0.5) is 0 Å². The molecule has 0 heterocycles. The molecule has 0 aromatic rings. The van der Waals surface area contributed by atoms with E-state index in [-0.39, 0.29) is 0 Å². The van der Waals surface area contributed by atoms with Crippen molar-refractivity contribution in [1.29, 1.82) is 0 Å². The summed E-state index contributed by atoms with van der Waals surface area (Å²) >= 11 is 0. The van der Waals surface area contributed by atoms with E-state index in [2.05, 4.69) is 69.4 Å². The lowest BCUT2D eigenvalue weighted by Crippen LogP contribution is -2.49. The maximum absolute atomic E-state index is 6.35. The van der Waals surface area contributed by atoms with Gasteiger partial charge in [0.05, 0.1) is 12.2 Å². The standard InChI is InChI=1S/C42H76O2/c1-4-7-9-11-13-15-17-19-21-23-25-27-29-31-33-35-37-43-41-39-40(6-3)42(41)44-38-36-34-32-30-28-26-24-22-20-18-16-14-12-10-8-5-2/h13-16,19-22,40-42H,4-12,17-18,23-39H2,1-3H3/b15-13-,16-14-,21-19-,22-20-/t40-,41+,42-/m1/s1. The van der Waals surface area contributed by atoms with Crippen molar-refractivity contribution >= 4 is 0 Å². The third-order valence-corrected chi connectivity index (χ3v) is 9.22. The molecule has 1 aliphatic rings. The normalized spacial score (nSPS) is 18.9. The summed E-state index contributed by atoms with van der Waals surface area (Å²) in [6.07, 6.45) is 53.0. The van der Waals surface area contributed by atoms with Gasteiger partial charge in [-0.1, -0.05) is 153 Å². The van der Waals surface area contributed by atoms with Gasteiger partial charge in [0, 0.05) is 13.2 Å². The van der Waals surface area contributed by atoms with Gasteiger partial charge in [0.2, 0.25) is 0 Å². The molecule has 0 saturated heterocycles. The Hall–Kier alpha value is -1.12. The first-order chi connectivity index (χ1) is 21.8. The van der Waals surface area contributed by atoms with Crippen molar-refractivity contribution in [3.05, 3.63) is 48.6 Å². The Bertz CT molecular complexity index is 690. The molecular weight excluding hydrogens is 536 g/mol. The summed E-state index contributed by atoms with van der Waals surface area (Å²) in [5.74, 6) is 0.709. The van der Waals surface area contributed by atoms with Crippen molar-refractivity contribution in [3.8, 4) is 0 Å². The van der Waals surface area contributed by atoms with E-state index in [0.717, 1.165) is 26.1 Å². The third-order valence-electron chi connectivity index (χ3n) is 9.22. The molecule has 0 spiro atoms. The van der Waals surface area contributed by atoms with Crippen LogP contribution in [0.5, 0.6) is 0 Å². The highest BCUT2D eigenvalue weighted by Gasteiger charge is 2.41. The second kappa shape index (κ2) is 33.2. The smallest absolute Gasteiger partial charge is 0.0865 e. The Balaban J connectivity index is 1.90. The molecule has 256 valence electrons. The highest BCUT2D eigenvalue weighted by atomic mass is 16.5. The average Bonchev–Trinajstić information content (AvgIpc) is 3.03. The summed E-state index contributed by atoms with van der Waals surface area (Å²) in [4.78, 5) is 0. The van der Waals surface area contributed by atoms with Crippen molar-refractivity contribution < 1.29 is 9.47 Å². The molecule has 0 amide bonds. The van der Waals surface area contributed by atoms with Crippen molar-refractivity contribution in [2.24, 2.45) is 5.92 Å². The summed E-state index contributed by atoms with van der Waals surface area (Å²) in [7, 11) is 0. The van der Waals surface area contributed by atoms with E-state index in [4.69, 9.17) is 9.47 Å². The van der Waals surface area contributed by atoms with Gasteiger partial charge < -0.3 is 9.47 Å². The first-order valence-electron chi connectivity index (χ1n) is 19.7. The Morgan fingerprint density at radius 3 is 1.25 bits per heavy atom. The summed E-state index contributed by atoms with van der Waals surface area (Å²) in [5, 5.41) is 0. The summed E-state index contributed by atoms with van der Waals surface area (Å²) in [6, 6.07) is 0. The van der Waals surface area contributed by atoms with Crippen molar-refractivity contribution in [3.63, 3.8) is 0 Å². The molecule has 1 saturated carbocycles. The fourth-order valence-electron chi connectivity index (χ4n) is 6.11. The number of rotatable bonds is 33. The highest BCUT2D eigenvalue weighted by Crippen LogP contribution is 2.36. The largest absolute Gasteiger partial charge is 0.375 e. The van der Waals surface area contributed by atoms with E-state index in [1.807, 2.05) is 0 Å². The van der Waals surface area contributed by atoms with Crippen LogP contribution in [0.25, 0.3) is 0 Å². The van der Waals surface area contributed by atoms with Gasteiger partial charge in [-0.05, 0) is 89.4 Å². The number of hydrogen-bond acceptors (Lipinski definition) is 2. The molecule has 0 radical (unpaired) electrons. The Morgan fingerprint density at radius 2 is 0.818 bits per heavy atom. The number of allylic oxidation sites excluding steroid dienone is 8. The molecule has 0 bridgehead atoms. The lowest BCUT2D eigenvalue weighted by atomic mass is 9.77. The van der Waals surface area contributed by atoms with Crippen LogP contribution in [0, 0.1) is 5.92 Å².